The number of amides is 1. The SMILES string of the molecule is O=C(Nc1cccc(-c2ccnc3cc(-c4ccnc(NCCCN5CCCC5)c4)nn23)c1)c1cccc(C(F)(F)F)c1. The average Bonchev–Trinajstić information content (AvgIpc) is 3.70. The third-order valence-electron chi connectivity index (χ3n) is 7.44. The highest BCUT2D eigenvalue weighted by Gasteiger charge is 2.31. The van der Waals surface area contributed by atoms with Gasteiger partial charge in [-0.05, 0) is 87.4 Å². The summed E-state index contributed by atoms with van der Waals surface area (Å²) in [6.45, 7) is 4.31. The molecule has 11 heteroatoms. The van der Waals surface area contributed by atoms with E-state index < -0.39 is 17.6 Å². The number of carbonyl (C=O) groups is 1. The second-order valence-corrected chi connectivity index (χ2v) is 10.5. The summed E-state index contributed by atoms with van der Waals surface area (Å²) >= 11 is 0. The van der Waals surface area contributed by atoms with Gasteiger partial charge < -0.3 is 15.5 Å². The van der Waals surface area contributed by atoms with Gasteiger partial charge in [0.05, 0.1) is 17.0 Å². The summed E-state index contributed by atoms with van der Waals surface area (Å²) < 4.78 is 41.1. The minimum Gasteiger partial charge on any atom is -0.370 e. The number of aromatic nitrogens is 4. The van der Waals surface area contributed by atoms with E-state index >= 15 is 0 Å². The van der Waals surface area contributed by atoms with E-state index in [9.17, 15) is 18.0 Å². The van der Waals surface area contributed by atoms with Crippen LogP contribution < -0.4 is 10.6 Å². The minimum absolute atomic E-state index is 0.0824. The monoisotopic (exact) mass is 585 g/mol. The minimum atomic E-state index is -4.53. The van der Waals surface area contributed by atoms with E-state index in [0.29, 0.717) is 11.3 Å². The van der Waals surface area contributed by atoms with E-state index in [0.717, 1.165) is 60.0 Å². The van der Waals surface area contributed by atoms with Gasteiger partial charge in [-0.25, -0.2) is 14.5 Å². The van der Waals surface area contributed by atoms with Crippen molar-refractivity contribution < 1.29 is 18.0 Å². The highest BCUT2D eigenvalue weighted by Crippen LogP contribution is 2.30. The summed E-state index contributed by atoms with van der Waals surface area (Å²) in [5.41, 5.74) is 3.24. The van der Waals surface area contributed by atoms with Crippen molar-refractivity contribution in [1.29, 1.82) is 0 Å². The van der Waals surface area contributed by atoms with E-state index in [-0.39, 0.29) is 5.56 Å². The molecule has 6 rings (SSSR count). The molecule has 0 unspecified atom stereocenters. The Bertz CT molecular complexity index is 1740. The number of rotatable bonds is 9. The second kappa shape index (κ2) is 12.2. The fourth-order valence-electron chi connectivity index (χ4n) is 5.26. The normalized spacial score (nSPS) is 13.8. The molecule has 0 radical (unpaired) electrons. The predicted octanol–water partition coefficient (Wildman–Crippen LogP) is 6.63. The Hall–Kier alpha value is -4.77. The number of alkyl halides is 3. The van der Waals surface area contributed by atoms with Crippen LogP contribution in [0.5, 0.6) is 0 Å². The third-order valence-corrected chi connectivity index (χ3v) is 7.44. The van der Waals surface area contributed by atoms with E-state index in [1.54, 1.807) is 35.1 Å². The first kappa shape index (κ1) is 28.4. The predicted molar refractivity (Wildman–Crippen MR) is 160 cm³/mol. The molecule has 4 heterocycles. The Kier molecular flexibility index (Phi) is 8.06. The standard InChI is InChI=1S/C32H30F3N7O/c33-32(34,35)25-8-3-7-24(18-25)31(43)39-26-9-4-6-23(19-26)28-11-14-38-30-21-27(40-42(28)30)22-10-13-37-29(20-22)36-12-5-17-41-15-1-2-16-41/h3-4,6-11,13-14,18-21H,1-2,5,12,15-17H2,(H,36,37)(H,39,43). The van der Waals surface area contributed by atoms with Crippen molar-refractivity contribution in [1.82, 2.24) is 24.5 Å². The second-order valence-electron chi connectivity index (χ2n) is 10.5. The molecule has 5 aromatic rings. The first-order valence-corrected chi connectivity index (χ1v) is 14.2. The van der Waals surface area contributed by atoms with E-state index in [1.807, 2.05) is 30.3 Å². The maximum Gasteiger partial charge on any atom is 0.416 e. The van der Waals surface area contributed by atoms with Gasteiger partial charge in [0.2, 0.25) is 0 Å². The molecule has 3 aromatic heterocycles. The van der Waals surface area contributed by atoms with Crippen molar-refractivity contribution in [3.63, 3.8) is 0 Å². The molecule has 0 saturated carbocycles. The number of carbonyl (C=O) groups excluding carboxylic acids is 1. The maximum atomic E-state index is 13.1. The number of benzene rings is 2. The summed E-state index contributed by atoms with van der Waals surface area (Å²) in [6, 6.07) is 19.0. The summed E-state index contributed by atoms with van der Waals surface area (Å²) in [4.78, 5) is 24.2. The smallest absolute Gasteiger partial charge is 0.370 e. The van der Waals surface area contributed by atoms with Crippen molar-refractivity contribution in [3.8, 4) is 22.5 Å². The van der Waals surface area contributed by atoms with Gasteiger partial charge >= 0.3 is 6.18 Å². The molecule has 0 aliphatic carbocycles. The van der Waals surface area contributed by atoms with Crippen molar-refractivity contribution in [2.24, 2.45) is 0 Å². The molecule has 1 amide bonds. The number of fused-ring (bicyclic) bond motifs is 1. The molecule has 0 atom stereocenters. The molecule has 43 heavy (non-hydrogen) atoms. The van der Waals surface area contributed by atoms with Gasteiger partial charge in [-0.1, -0.05) is 18.2 Å². The number of pyridine rings is 1. The van der Waals surface area contributed by atoms with Gasteiger partial charge in [0.1, 0.15) is 5.82 Å². The average molecular weight is 586 g/mol. The zero-order valence-corrected chi connectivity index (χ0v) is 23.3. The molecular formula is C32H30F3N7O. The summed E-state index contributed by atoms with van der Waals surface area (Å²) in [6.07, 6.45) is 2.53. The maximum absolute atomic E-state index is 13.1. The van der Waals surface area contributed by atoms with E-state index in [4.69, 9.17) is 5.10 Å². The van der Waals surface area contributed by atoms with Gasteiger partial charge in [-0.3, -0.25) is 4.79 Å². The van der Waals surface area contributed by atoms with Crippen molar-refractivity contribution in [2.75, 3.05) is 36.8 Å². The molecule has 1 aliphatic heterocycles. The topological polar surface area (TPSA) is 87.4 Å². The highest BCUT2D eigenvalue weighted by atomic mass is 19.4. The molecule has 0 bridgehead atoms. The van der Waals surface area contributed by atoms with Crippen molar-refractivity contribution in [2.45, 2.75) is 25.4 Å². The van der Waals surface area contributed by atoms with Crippen LogP contribution >= 0.6 is 0 Å². The van der Waals surface area contributed by atoms with Gasteiger partial charge in [-0.2, -0.15) is 18.3 Å². The molecule has 1 aliphatic rings. The Morgan fingerprint density at radius 2 is 1.70 bits per heavy atom. The fraction of sp³-hybridized carbons (Fsp3) is 0.250. The number of anilines is 2. The molecule has 2 N–H and O–H groups in total. The van der Waals surface area contributed by atoms with Crippen LogP contribution in [0.15, 0.2) is 85.2 Å². The number of likely N-dealkylation sites (tertiary alicyclic amines) is 1. The van der Waals surface area contributed by atoms with Crippen LogP contribution in [0.2, 0.25) is 0 Å². The lowest BCUT2D eigenvalue weighted by Crippen LogP contribution is -2.22. The number of nitrogens with zero attached hydrogens (tertiary/aromatic N) is 5. The Balaban J connectivity index is 1.19. The van der Waals surface area contributed by atoms with Crippen LogP contribution in [0.3, 0.4) is 0 Å². The summed E-state index contributed by atoms with van der Waals surface area (Å²) in [7, 11) is 0. The van der Waals surface area contributed by atoms with Crippen LogP contribution in [0.4, 0.5) is 24.7 Å². The van der Waals surface area contributed by atoms with Gasteiger partial charge in [0, 0.05) is 47.4 Å². The van der Waals surface area contributed by atoms with Crippen LogP contribution in [0, 0.1) is 0 Å². The zero-order valence-electron chi connectivity index (χ0n) is 23.3. The highest BCUT2D eigenvalue weighted by molar-refractivity contribution is 6.04. The summed E-state index contributed by atoms with van der Waals surface area (Å²) in [5, 5.41) is 10.9. The van der Waals surface area contributed by atoms with Gasteiger partial charge in [0.15, 0.2) is 5.65 Å². The van der Waals surface area contributed by atoms with Crippen LogP contribution in [-0.2, 0) is 6.18 Å². The number of halogens is 3. The van der Waals surface area contributed by atoms with E-state index in [2.05, 4.69) is 25.5 Å². The van der Waals surface area contributed by atoms with Gasteiger partial charge in [-0.15, -0.1) is 0 Å². The lowest BCUT2D eigenvalue weighted by Gasteiger charge is -2.14. The third kappa shape index (κ3) is 6.67. The molecule has 220 valence electrons. The molecule has 2 aromatic carbocycles. The van der Waals surface area contributed by atoms with Crippen LogP contribution in [0.1, 0.15) is 35.2 Å². The molecular weight excluding hydrogens is 555 g/mol. The Morgan fingerprint density at radius 3 is 2.53 bits per heavy atom. The molecule has 1 saturated heterocycles. The number of hydrogen-bond acceptors (Lipinski definition) is 6. The fourth-order valence-corrected chi connectivity index (χ4v) is 5.26. The molecule has 1 fully saturated rings. The number of nitrogens with one attached hydrogen (secondary N) is 2. The van der Waals surface area contributed by atoms with E-state index in [1.165, 1.54) is 38.1 Å². The molecule has 0 spiro atoms. The first-order chi connectivity index (χ1) is 20.8. The first-order valence-electron chi connectivity index (χ1n) is 14.2. The van der Waals surface area contributed by atoms with Gasteiger partial charge in [0.25, 0.3) is 5.91 Å². The lowest BCUT2D eigenvalue weighted by molar-refractivity contribution is -0.137. The molecule has 8 nitrogen and oxygen atoms in total. The Labute approximate surface area is 246 Å². The van der Waals surface area contributed by atoms with Crippen molar-refractivity contribution in [3.05, 3.63) is 96.3 Å². The summed E-state index contributed by atoms with van der Waals surface area (Å²) in [5.74, 6) is 0.149. The largest absolute Gasteiger partial charge is 0.416 e. The Morgan fingerprint density at radius 1 is 0.884 bits per heavy atom. The quantitative estimate of drug-likeness (QED) is 0.189. The van der Waals surface area contributed by atoms with Crippen LogP contribution in [-0.4, -0.2) is 56.6 Å². The van der Waals surface area contributed by atoms with Crippen LogP contribution in [0.25, 0.3) is 28.2 Å². The van der Waals surface area contributed by atoms with Crippen molar-refractivity contribution >= 4 is 23.1 Å². The zero-order chi connectivity index (χ0) is 29.8. The lowest BCUT2D eigenvalue weighted by atomic mass is 10.1. The number of hydrogen-bond donors (Lipinski definition) is 2.